The first kappa shape index (κ1) is 35.1. The smallest absolute Gasteiger partial charge is 0.208 e. The van der Waals surface area contributed by atoms with Gasteiger partial charge < -0.3 is 0 Å². The van der Waals surface area contributed by atoms with Gasteiger partial charge in [-0.1, -0.05) is 200 Å². The largest absolute Gasteiger partial charge is 0.299 e. The molecule has 0 radical (unpaired) electrons. The Balaban J connectivity index is 1.08. The molecule has 0 saturated heterocycles. The molecule has 8 aromatic carbocycles. The summed E-state index contributed by atoms with van der Waals surface area (Å²) in [6.45, 7) is 0. The molecule has 0 aliphatic heterocycles. The molecule has 0 unspecified atom stereocenters. The number of benzene rings is 8. The third-order valence-electron chi connectivity index (χ3n) is 11.2. The Bertz CT molecular complexity index is 2730. The third-order valence-corrected chi connectivity index (χ3v) is 11.2. The maximum Gasteiger partial charge on any atom is 0.299 e. The van der Waals surface area contributed by atoms with Crippen molar-refractivity contribution in [1.29, 1.82) is 0 Å². The molecule has 0 amide bonds. The maximum absolute atomic E-state index is 16.2. The zero-order valence-corrected chi connectivity index (χ0v) is 31.3. The Morgan fingerprint density at radius 2 is 0.638 bits per heavy atom. The van der Waals surface area contributed by atoms with Gasteiger partial charge in [0.05, 0.1) is 5.41 Å². The summed E-state index contributed by atoms with van der Waals surface area (Å²) in [6.07, 6.45) is 0. The van der Waals surface area contributed by atoms with E-state index in [-0.39, 0.29) is 11.1 Å². The maximum atomic E-state index is 16.2. The van der Waals surface area contributed by atoms with Crippen molar-refractivity contribution in [1.82, 2.24) is 15.0 Å². The van der Waals surface area contributed by atoms with Crippen LogP contribution in [0.3, 0.4) is 0 Å². The lowest BCUT2D eigenvalue weighted by molar-refractivity contribution is 0.0480. The van der Waals surface area contributed by atoms with Crippen molar-refractivity contribution >= 4 is 0 Å². The van der Waals surface area contributed by atoms with E-state index in [9.17, 15) is 0 Å². The molecule has 0 atom stereocenters. The summed E-state index contributed by atoms with van der Waals surface area (Å²) >= 11 is 0. The topological polar surface area (TPSA) is 38.7 Å². The highest BCUT2D eigenvalue weighted by molar-refractivity contribution is 5.86. The van der Waals surface area contributed by atoms with E-state index in [1.165, 1.54) is 6.07 Å². The Kier molecular flexibility index (Phi) is 8.64. The summed E-state index contributed by atoms with van der Waals surface area (Å²) in [5.41, 5.74) is 8.97. The number of hydrogen-bond donors (Lipinski definition) is 0. The molecule has 5 heteroatoms. The molecule has 58 heavy (non-hydrogen) atoms. The SMILES string of the molecule is FC1(F)c2ccc(-c3ccc(C(c4ccccc4)(c4ccccc4)c4ccccc4)cc3)cc2-c2cc(-c3nc(-c4ccccc4)nc(-c4ccccc4)n3)ccc21. The standard InChI is InChI=1S/C53H35F2N3/c54-53(55)47-32-28-39(36-26-30-44(31-27-36)52(41-20-10-3-11-21-41,42-22-12-4-13-23-42)43-24-14-5-15-25-43)34-45(47)46-35-40(29-33-48(46)53)51-57-49(37-16-6-1-7-17-37)56-50(58-51)38-18-8-2-9-19-38/h1-35H. The van der Waals surface area contributed by atoms with E-state index in [1.54, 1.807) is 24.3 Å². The van der Waals surface area contributed by atoms with Gasteiger partial charge in [0.25, 0.3) is 5.92 Å². The average Bonchev–Trinajstić information content (AvgIpc) is 3.53. The van der Waals surface area contributed by atoms with E-state index in [0.717, 1.165) is 44.5 Å². The van der Waals surface area contributed by atoms with Crippen molar-refractivity contribution in [3.8, 4) is 56.4 Å². The van der Waals surface area contributed by atoms with Crippen molar-refractivity contribution in [2.24, 2.45) is 0 Å². The van der Waals surface area contributed by atoms with E-state index in [2.05, 4.69) is 97.1 Å². The minimum Gasteiger partial charge on any atom is -0.208 e. The van der Waals surface area contributed by atoms with Crippen LogP contribution in [0.2, 0.25) is 0 Å². The summed E-state index contributed by atoms with van der Waals surface area (Å²) in [5, 5.41) is 0. The molecule has 0 N–H and O–H groups in total. The summed E-state index contributed by atoms with van der Waals surface area (Å²) in [4.78, 5) is 14.5. The molecule has 276 valence electrons. The highest BCUT2D eigenvalue weighted by Crippen LogP contribution is 2.53. The first-order chi connectivity index (χ1) is 28.5. The van der Waals surface area contributed by atoms with Gasteiger partial charge in [-0.2, -0.15) is 8.78 Å². The molecule has 0 fully saturated rings. The average molecular weight is 752 g/mol. The minimum atomic E-state index is -3.16. The van der Waals surface area contributed by atoms with E-state index in [1.807, 2.05) is 84.9 Å². The predicted molar refractivity (Wildman–Crippen MR) is 228 cm³/mol. The Morgan fingerprint density at radius 3 is 1.07 bits per heavy atom. The lowest BCUT2D eigenvalue weighted by atomic mass is 9.65. The molecular weight excluding hydrogens is 717 g/mol. The van der Waals surface area contributed by atoms with E-state index in [4.69, 9.17) is 15.0 Å². The summed E-state index contributed by atoms with van der Waals surface area (Å²) in [5.74, 6) is -1.72. The van der Waals surface area contributed by atoms with Crippen LogP contribution in [-0.2, 0) is 11.3 Å². The lowest BCUT2D eigenvalue weighted by Crippen LogP contribution is -2.30. The van der Waals surface area contributed by atoms with Gasteiger partial charge in [-0.05, 0) is 56.6 Å². The molecule has 3 nitrogen and oxygen atoms in total. The summed E-state index contributed by atoms with van der Waals surface area (Å²) in [7, 11) is 0. The van der Waals surface area contributed by atoms with Crippen LogP contribution >= 0.6 is 0 Å². The number of hydrogen-bond acceptors (Lipinski definition) is 3. The number of halogens is 2. The van der Waals surface area contributed by atoms with Crippen LogP contribution in [-0.4, -0.2) is 15.0 Å². The quantitative estimate of drug-likeness (QED) is 0.145. The minimum absolute atomic E-state index is 0.0122. The molecule has 1 aliphatic carbocycles. The van der Waals surface area contributed by atoms with Crippen molar-refractivity contribution in [2.75, 3.05) is 0 Å². The molecule has 0 spiro atoms. The highest BCUT2D eigenvalue weighted by Gasteiger charge is 2.45. The zero-order valence-electron chi connectivity index (χ0n) is 31.3. The van der Waals surface area contributed by atoms with Gasteiger partial charge >= 0.3 is 0 Å². The van der Waals surface area contributed by atoms with Gasteiger partial charge in [0, 0.05) is 27.8 Å². The summed E-state index contributed by atoms with van der Waals surface area (Å²) in [6, 6.07) is 70.0. The number of alkyl halides is 2. The van der Waals surface area contributed by atoms with Crippen LogP contribution in [0.5, 0.6) is 0 Å². The van der Waals surface area contributed by atoms with Crippen LogP contribution in [0.15, 0.2) is 212 Å². The fraction of sp³-hybridized carbons (Fsp3) is 0.0377. The summed E-state index contributed by atoms with van der Waals surface area (Å²) < 4.78 is 32.4. The van der Waals surface area contributed by atoms with Crippen molar-refractivity contribution < 1.29 is 8.78 Å². The number of aromatic nitrogens is 3. The lowest BCUT2D eigenvalue weighted by Gasteiger charge is -2.37. The molecule has 1 aliphatic rings. The van der Waals surface area contributed by atoms with Gasteiger partial charge in [0.15, 0.2) is 17.5 Å². The van der Waals surface area contributed by atoms with Gasteiger partial charge in [0.1, 0.15) is 0 Å². The molecule has 9 aromatic rings. The van der Waals surface area contributed by atoms with Gasteiger partial charge in [-0.15, -0.1) is 0 Å². The third kappa shape index (κ3) is 5.91. The Labute approximate surface area is 336 Å². The van der Waals surface area contributed by atoms with Crippen LogP contribution in [0.25, 0.3) is 56.4 Å². The second-order valence-electron chi connectivity index (χ2n) is 14.6. The number of fused-ring (bicyclic) bond motifs is 3. The van der Waals surface area contributed by atoms with Crippen LogP contribution in [0.1, 0.15) is 33.4 Å². The first-order valence-corrected chi connectivity index (χ1v) is 19.3. The highest BCUT2D eigenvalue weighted by atomic mass is 19.3. The van der Waals surface area contributed by atoms with Crippen LogP contribution < -0.4 is 0 Å². The Morgan fingerprint density at radius 1 is 0.310 bits per heavy atom. The molecule has 0 saturated carbocycles. The monoisotopic (exact) mass is 751 g/mol. The first-order valence-electron chi connectivity index (χ1n) is 19.3. The second kappa shape index (κ2) is 14.3. The molecule has 1 heterocycles. The number of nitrogens with zero attached hydrogens (tertiary/aromatic N) is 3. The molecule has 10 rings (SSSR count). The fourth-order valence-corrected chi connectivity index (χ4v) is 8.46. The predicted octanol–water partition coefficient (Wildman–Crippen LogP) is 13.0. The van der Waals surface area contributed by atoms with Crippen LogP contribution in [0.4, 0.5) is 8.78 Å². The van der Waals surface area contributed by atoms with E-state index < -0.39 is 11.3 Å². The normalized spacial score (nSPS) is 12.8. The molecule has 0 bridgehead atoms. The van der Waals surface area contributed by atoms with Crippen molar-refractivity contribution in [3.63, 3.8) is 0 Å². The van der Waals surface area contributed by atoms with Gasteiger partial charge in [0.2, 0.25) is 0 Å². The van der Waals surface area contributed by atoms with Crippen molar-refractivity contribution in [3.05, 3.63) is 246 Å². The zero-order chi connectivity index (χ0) is 39.1. The van der Waals surface area contributed by atoms with Gasteiger partial charge in [-0.3, -0.25) is 0 Å². The van der Waals surface area contributed by atoms with Gasteiger partial charge in [-0.25, -0.2) is 15.0 Å². The Hall–Kier alpha value is -7.37. The number of rotatable bonds is 8. The second-order valence-corrected chi connectivity index (χ2v) is 14.6. The van der Waals surface area contributed by atoms with Crippen LogP contribution in [0, 0.1) is 0 Å². The van der Waals surface area contributed by atoms with E-state index in [0.29, 0.717) is 34.2 Å². The molecular formula is C53H35F2N3. The van der Waals surface area contributed by atoms with E-state index >= 15 is 8.78 Å². The fourth-order valence-electron chi connectivity index (χ4n) is 8.46. The van der Waals surface area contributed by atoms with Crippen molar-refractivity contribution in [2.45, 2.75) is 11.3 Å². The molecule has 1 aromatic heterocycles.